The van der Waals surface area contributed by atoms with Gasteiger partial charge in [0.1, 0.15) is 12.4 Å². The highest BCUT2D eigenvalue weighted by Gasteiger charge is 1.99. The lowest BCUT2D eigenvalue weighted by Crippen LogP contribution is -1.93. The molecule has 84 valence electrons. The second-order valence-corrected chi connectivity index (χ2v) is 4.73. The Hall–Kier alpha value is -1.55. The van der Waals surface area contributed by atoms with E-state index in [1.807, 2.05) is 44.4 Å². The van der Waals surface area contributed by atoms with Crippen molar-refractivity contribution < 1.29 is 4.74 Å². The van der Waals surface area contributed by atoms with Crippen molar-refractivity contribution in [1.29, 1.82) is 0 Å². The second kappa shape index (κ2) is 4.99. The molecule has 0 bridgehead atoms. The second-order valence-electron chi connectivity index (χ2n) is 3.41. The van der Waals surface area contributed by atoms with Crippen LogP contribution in [0.4, 0.5) is 5.69 Å². The van der Waals surface area contributed by atoms with Gasteiger partial charge in [0.05, 0.1) is 9.88 Å². The predicted molar refractivity (Wildman–Crippen MR) is 67.2 cm³/mol. The van der Waals surface area contributed by atoms with Crippen molar-refractivity contribution in [3.05, 3.63) is 40.3 Å². The number of ether oxygens (including phenoxy) is 1. The molecular formula is C12H14N2OS. The van der Waals surface area contributed by atoms with E-state index in [1.165, 1.54) is 0 Å². The quantitative estimate of drug-likeness (QED) is 0.882. The number of aryl methyl sites for hydroxylation is 1. The van der Waals surface area contributed by atoms with Crippen molar-refractivity contribution in [1.82, 2.24) is 4.98 Å². The van der Waals surface area contributed by atoms with E-state index in [0.29, 0.717) is 6.61 Å². The Morgan fingerprint density at radius 2 is 2.06 bits per heavy atom. The van der Waals surface area contributed by atoms with E-state index in [-0.39, 0.29) is 0 Å². The van der Waals surface area contributed by atoms with Crippen LogP contribution in [0.2, 0.25) is 0 Å². The largest absolute Gasteiger partial charge is 0.488 e. The summed E-state index contributed by atoms with van der Waals surface area (Å²) >= 11 is 1.67. The molecule has 0 aliphatic rings. The number of nitrogens with zero attached hydrogens (tertiary/aromatic N) is 1. The lowest BCUT2D eigenvalue weighted by Gasteiger charge is -2.05. The topological polar surface area (TPSA) is 34.1 Å². The molecule has 0 aliphatic heterocycles. The predicted octanol–water partition coefficient (Wildman–Crippen LogP) is 3.07. The lowest BCUT2D eigenvalue weighted by atomic mass is 10.3. The van der Waals surface area contributed by atoms with Crippen molar-refractivity contribution in [3.63, 3.8) is 0 Å². The molecule has 0 fully saturated rings. The Morgan fingerprint density at radius 1 is 1.31 bits per heavy atom. The van der Waals surface area contributed by atoms with Crippen molar-refractivity contribution in [3.8, 4) is 5.75 Å². The van der Waals surface area contributed by atoms with Crippen LogP contribution in [0.3, 0.4) is 0 Å². The number of rotatable bonds is 4. The number of aromatic nitrogens is 1. The summed E-state index contributed by atoms with van der Waals surface area (Å²) in [6.07, 6.45) is 1.86. The molecule has 0 unspecified atom stereocenters. The molecule has 2 aromatic rings. The van der Waals surface area contributed by atoms with Gasteiger partial charge < -0.3 is 10.1 Å². The SMILES string of the molecule is CNc1ccc(OCc2cnc(C)s2)cc1. The molecule has 0 radical (unpaired) electrons. The normalized spacial score (nSPS) is 10.1. The Bertz CT molecular complexity index is 450. The highest BCUT2D eigenvalue weighted by atomic mass is 32.1. The first kappa shape index (κ1) is 11.0. The first-order valence-corrected chi connectivity index (χ1v) is 5.91. The van der Waals surface area contributed by atoms with Crippen LogP contribution in [0, 0.1) is 6.92 Å². The first-order valence-electron chi connectivity index (χ1n) is 5.10. The van der Waals surface area contributed by atoms with Gasteiger partial charge in [-0.2, -0.15) is 0 Å². The number of hydrogen-bond acceptors (Lipinski definition) is 4. The van der Waals surface area contributed by atoms with Crippen molar-refractivity contribution >= 4 is 17.0 Å². The van der Waals surface area contributed by atoms with Crippen LogP contribution in [0.25, 0.3) is 0 Å². The molecule has 2 rings (SSSR count). The van der Waals surface area contributed by atoms with E-state index in [0.717, 1.165) is 21.3 Å². The van der Waals surface area contributed by atoms with Crippen LogP contribution in [0.1, 0.15) is 9.88 Å². The standard InChI is InChI=1S/C12H14N2OS/c1-9-14-7-12(16-9)8-15-11-5-3-10(13-2)4-6-11/h3-7,13H,8H2,1-2H3. The maximum Gasteiger partial charge on any atom is 0.124 e. The first-order chi connectivity index (χ1) is 7.78. The maximum atomic E-state index is 5.65. The molecule has 16 heavy (non-hydrogen) atoms. The fraction of sp³-hybridized carbons (Fsp3) is 0.250. The summed E-state index contributed by atoms with van der Waals surface area (Å²) < 4.78 is 5.65. The summed E-state index contributed by atoms with van der Waals surface area (Å²) in [4.78, 5) is 5.33. The highest BCUT2D eigenvalue weighted by Crippen LogP contribution is 2.18. The molecule has 0 spiro atoms. The minimum absolute atomic E-state index is 0.588. The summed E-state index contributed by atoms with van der Waals surface area (Å²) in [6.45, 7) is 2.58. The van der Waals surface area contributed by atoms with Crippen LogP contribution in [-0.4, -0.2) is 12.0 Å². The minimum atomic E-state index is 0.588. The van der Waals surface area contributed by atoms with Gasteiger partial charge in [-0.1, -0.05) is 0 Å². The monoisotopic (exact) mass is 234 g/mol. The fourth-order valence-corrected chi connectivity index (χ4v) is 2.05. The van der Waals surface area contributed by atoms with Gasteiger partial charge in [0, 0.05) is 18.9 Å². The maximum absolute atomic E-state index is 5.65. The van der Waals surface area contributed by atoms with Gasteiger partial charge in [-0.3, -0.25) is 0 Å². The molecule has 1 heterocycles. The molecule has 0 saturated heterocycles. The summed E-state index contributed by atoms with van der Waals surface area (Å²) in [5.41, 5.74) is 1.08. The number of anilines is 1. The Labute approximate surface area is 99.1 Å². The van der Waals surface area contributed by atoms with E-state index in [9.17, 15) is 0 Å². The molecule has 0 atom stereocenters. The van der Waals surface area contributed by atoms with Crippen LogP contribution in [-0.2, 0) is 6.61 Å². The van der Waals surface area contributed by atoms with E-state index in [1.54, 1.807) is 11.3 Å². The molecule has 0 amide bonds. The van der Waals surface area contributed by atoms with Gasteiger partial charge >= 0.3 is 0 Å². The molecule has 1 N–H and O–H groups in total. The van der Waals surface area contributed by atoms with Crippen molar-refractivity contribution in [2.45, 2.75) is 13.5 Å². The van der Waals surface area contributed by atoms with Gasteiger partial charge in [0.25, 0.3) is 0 Å². The van der Waals surface area contributed by atoms with Crippen molar-refractivity contribution in [2.24, 2.45) is 0 Å². The van der Waals surface area contributed by atoms with E-state index < -0.39 is 0 Å². The third-order valence-electron chi connectivity index (χ3n) is 2.19. The number of nitrogens with one attached hydrogen (secondary N) is 1. The van der Waals surface area contributed by atoms with E-state index >= 15 is 0 Å². The number of hydrogen-bond donors (Lipinski definition) is 1. The summed E-state index contributed by atoms with van der Waals surface area (Å²) in [7, 11) is 1.90. The molecule has 4 heteroatoms. The zero-order chi connectivity index (χ0) is 11.4. The number of thiazole rings is 1. The summed E-state index contributed by atoms with van der Waals surface area (Å²) in [5.74, 6) is 0.880. The zero-order valence-corrected chi connectivity index (χ0v) is 10.2. The third-order valence-corrected chi connectivity index (χ3v) is 3.08. The Kier molecular flexibility index (Phi) is 3.41. The molecule has 1 aromatic carbocycles. The van der Waals surface area contributed by atoms with E-state index in [2.05, 4.69) is 10.3 Å². The molecule has 1 aromatic heterocycles. The summed E-state index contributed by atoms with van der Waals surface area (Å²) in [5, 5.41) is 4.14. The highest BCUT2D eigenvalue weighted by molar-refractivity contribution is 7.11. The van der Waals surface area contributed by atoms with E-state index in [4.69, 9.17) is 4.74 Å². The van der Waals surface area contributed by atoms with Crippen LogP contribution in [0.15, 0.2) is 30.5 Å². The lowest BCUT2D eigenvalue weighted by molar-refractivity contribution is 0.309. The smallest absolute Gasteiger partial charge is 0.124 e. The summed E-state index contributed by atoms with van der Waals surface area (Å²) in [6, 6.07) is 7.90. The molecule has 0 saturated carbocycles. The van der Waals surface area contributed by atoms with Crippen LogP contribution >= 0.6 is 11.3 Å². The molecule has 3 nitrogen and oxygen atoms in total. The minimum Gasteiger partial charge on any atom is -0.488 e. The Balaban J connectivity index is 1.94. The average molecular weight is 234 g/mol. The average Bonchev–Trinajstić information content (AvgIpc) is 2.73. The number of benzene rings is 1. The molecule has 0 aliphatic carbocycles. The zero-order valence-electron chi connectivity index (χ0n) is 9.36. The molecular weight excluding hydrogens is 220 g/mol. The van der Waals surface area contributed by atoms with Gasteiger partial charge in [0.2, 0.25) is 0 Å². The Morgan fingerprint density at radius 3 is 2.62 bits per heavy atom. The van der Waals surface area contributed by atoms with Gasteiger partial charge in [-0.05, 0) is 31.2 Å². The van der Waals surface area contributed by atoms with Crippen LogP contribution in [0.5, 0.6) is 5.75 Å². The fourth-order valence-electron chi connectivity index (χ4n) is 1.34. The van der Waals surface area contributed by atoms with Gasteiger partial charge in [-0.25, -0.2) is 4.98 Å². The van der Waals surface area contributed by atoms with Gasteiger partial charge in [0.15, 0.2) is 0 Å². The van der Waals surface area contributed by atoms with Crippen LogP contribution < -0.4 is 10.1 Å². The van der Waals surface area contributed by atoms with Crippen molar-refractivity contribution in [2.75, 3.05) is 12.4 Å². The third kappa shape index (κ3) is 2.73. The van der Waals surface area contributed by atoms with Gasteiger partial charge in [-0.15, -0.1) is 11.3 Å².